The fraction of sp³-hybridized carbons (Fsp3) is 0.294. The van der Waals surface area contributed by atoms with E-state index in [1.54, 1.807) is 23.1 Å². The van der Waals surface area contributed by atoms with Crippen molar-refractivity contribution in [1.29, 1.82) is 0 Å². The van der Waals surface area contributed by atoms with E-state index in [0.717, 1.165) is 5.56 Å². The number of carbonyl (C=O) groups excluding carboxylic acids is 2. The van der Waals surface area contributed by atoms with Crippen LogP contribution in [-0.4, -0.2) is 68.7 Å². The van der Waals surface area contributed by atoms with Gasteiger partial charge < -0.3 is 24.9 Å². The van der Waals surface area contributed by atoms with Gasteiger partial charge in [-0.15, -0.1) is 0 Å². The molecule has 4 aromatic rings. The molecule has 2 aromatic heterocycles. The number of phenolic OH excluding ortho intramolecular Hbond substituents is 1. The zero-order chi connectivity index (χ0) is 33.2. The maximum atomic E-state index is 15.2. The molecule has 0 unspecified atom stereocenters. The van der Waals surface area contributed by atoms with E-state index in [4.69, 9.17) is 16.6 Å². The van der Waals surface area contributed by atoms with Crippen LogP contribution in [0.1, 0.15) is 37.8 Å². The van der Waals surface area contributed by atoms with Gasteiger partial charge in [0.2, 0.25) is 5.91 Å². The monoisotopic (exact) mass is 645 g/mol. The number of halogens is 2. The number of benzene rings is 2. The van der Waals surface area contributed by atoms with Crippen LogP contribution in [0, 0.1) is 5.82 Å². The number of hydrogen-bond acceptors (Lipinski definition) is 7. The van der Waals surface area contributed by atoms with Crippen molar-refractivity contribution in [3.05, 3.63) is 87.4 Å². The Kier molecular flexibility index (Phi) is 7.86. The van der Waals surface area contributed by atoms with Crippen molar-refractivity contribution in [1.82, 2.24) is 14.5 Å². The van der Waals surface area contributed by atoms with Crippen molar-refractivity contribution in [3.8, 4) is 22.7 Å². The van der Waals surface area contributed by atoms with E-state index >= 15 is 4.39 Å². The highest BCUT2D eigenvalue weighted by Crippen LogP contribution is 2.45. The summed E-state index contributed by atoms with van der Waals surface area (Å²) in [6.45, 7) is 9.26. The number of aliphatic hydroxyl groups is 1. The zero-order valence-corrected chi connectivity index (χ0v) is 26.5. The topological polar surface area (TPSA) is 119 Å². The lowest BCUT2D eigenvalue weighted by Gasteiger charge is -2.50. The summed E-state index contributed by atoms with van der Waals surface area (Å²) in [4.78, 5) is 50.9. The molecular formula is C34H33ClFN5O5. The Morgan fingerprint density at radius 3 is 2.52 bits per heavy atom. The van der Waals surface area contributed by atoms with Gasteiger partial charge in [-0.3, -0.25) is 19.0 Å². The van der Waals surface area contributed by atoms with Crippen LogP contribution in [0.15, 0.2) is 59.9 Å². The first-order valence-corrected chi connectivity index (χ1v) is 15.3. The Morgan fingerprint density at radius 2 is 1.87 bits per heavy atom. The fourth-order valence-corrected chi connectivity index (χ4v) is 6.97. The number of nitrogens with zero attached hydrogens (tertiary/aromatic N) is 5. The standard InChI is InChI=1S/C34H33ClFN5O5/c1-6-26(44)39-14-18(4)40-24(15-39)33(45)38(5)31-30(40)21-13-22(35)28(27-23(36)11-8-12-25(27)43)37-32(21)41(34(31)46)29-19(16-42)9-7-10-20(29)17(2)3/h6-13,17-18,24,42-43H,1,14-16H2,2-5H3/t18-,24+/m0/s1. The van der Waals surface area contributed by atoms with Crippen molar-refractivity contribution in [2.24, 2.45) is 0 Å². The average Bonchev–Trinajstić information content (AvgIpc) is 3.02. The Balaban J connectivity index is 1.78. The van der Waals surface area contributed by atoms with Crippen molar-refractivity contribution in [2.75, 3.05) is 29.9 Å². The number of piperazine rings is 1. The van der Waals surface area contributed by atoms with Crippen molar-refractivity contribution in [2.45, 2.75) is 45.4 Å². The van der Waals surface area contributed by atoms with Crippen LogP contribution in [0.2, 0.25) is 5.02 Å². The molecule has 1 saturated heterocycles. The van der Waals surface area contributed by atoms with Gasteiger partial charge in [-0.1, -0.05) is 56.3 Å². The van der Waals surface area contributed by atoms with Crippen LogP contribution >= 0.6 is 11.6 Å². The van der Waals surface area contributed by atoms with Crippen molar-refractivity contribution in [3.63, 3.8) is 0 Å². The Morgan fingerprint density at radius 1 is 1.15 bits per heavy atom. The highest BCUT2D eigenvalue weighted by atomic mass is 35.5. The predicted molar refractivity (Wildman–Crippen MR) is 175 cm³/mol. The summed E-state index contributed by atoms with van der Waals surface area (Å²) in [7, 11) is 1.51. The van der Waals surface area contributed by atoms with E-state index in [2.05, 4.69) is 6.58 Å². The number of amides is 2. The predicted octanol–water partition coefficient (Wildman–Crippen LogP) is 4.73. The van der Waals surface area contributed by atoms with Gasteiger partial charge in [0.05, 0.1) is 40.8 Å². The van der Waals surface area contributed by atoms with Gasteiger partial charge in [-0.2, -0.15) is 0 Å². The first-order chi connectivity index (χ1) is 21.9. The minimum atomic E-state index is -0.825. The Bertz CT molecular complexity index is 1990. The van der Waals surface area contributed by atoms with Crippen molar-refractivity contribution < 1.29 is 24.2 Å². The third-order valence-corrected chi connectivity index (χ3v) is 9.12. The third-order valence-electron chi connectivity index (χ3n) is 8.83. The van der Waals surface area contributed by atoms with Crippen LogP contribution in [0.5, 0.6) is 5.75 Å². The second-order valence-corrected chi connectivity index (χ2v) is 12.4. The molecule has 12 heteroatoms. The summed E-state index contributed by atoms with van der Waals surface area (Å²) in [5, 5.41) is 21.5. The quantitative estimate of drug-likeness (QED) is 0.301. The lowest BCUT2D eigenvalue weighted by atomic mass is 9.95. The van der Waals surface area contributed by atoms with E-state index in [0.29, 0.717) is 22.3 Å². The molecule has 2 aliphatic rings. The molecule has 0 bridgehead atoms. The maximum Gasteiger partial charge on any atom is 0.282 e. The van der Waals surface area contributed by atoms with E-state index in [1.807, 2.05) is 31.7 Å². The normalized spacial score (nSPS) is 17.8. The summed E-state index contributed by atoms with van der Waals surface area (Å²) < 4.78 is 16.6. The number of aromatic hydroxyl groups is 1. The summed E-state index contributed by atoms with van der Waals surface area (Å²) in [5.41, 5.74) is 1.20. The molecular weight excluding hydrogens is 613 g/mol. The van der Waals surface area contributed by atoms with Gasteiger partial charge in [0.15, 0.2) is 0 Å². The molecule has 2 amide bonds. The number of aromatic nitrogens is 2. The molecule has 2 atom stereocenters. The molecule has 10 nitrogen and oxygen atoms in total. The van der Waals surface area contributed by atoms with Gasteiger partial charge in [0.25, 0.3) is 11.5 Å². The van der Waals surface area contributed by atoms with Gasteiger partial charge >= 0.3 is 0 Å². The molecule has 1 fully saturated rings. The summed E-state index contributed by atoms with van der Waals surface area (Å²) in [6.07, 6.45) is 1.20. The number of fused-ring (bicyclic) bond motifs is 5. The summed E-state index contributed by atoms with van der Waals surface area (Å²) in [5.74, 6) is -1.94. The van der Waals surface area contributed by atoms with Crippen LogP contribution in [-0.2, 0) is 16.2 Å². The number of hydrogen-bond donors (Lipinski definition) is 2. The van der Waals surface area contributed by atoms with E-state index in [1.165, 1.54) is 40.8 Å². The molecule has 2 aliphatic heterocycles. The molecule has 0 spiro atoms. The fourth-order valence-electron chi connectivity index (χ4n) is 6.73. The minimum absolute atomic E-state index is 0.00375. The molecule has 238 valence electrons. The van der Waals surface area contributed by atoms with Gasteiger partial charge in [0, 0.05) is 30.6 Å². The Labute approximate surface area is 269 Å². The molecule has 0 aliphatic carbocycles. The van der Waals surface area contributed by atoms with E-state index in [9.17, 15) is 24.6 Å². The number of rotatable bonds is 5. The smallest absolute Gasteiger partial charge is 0.282 e. The zero-order valence-electron chi connectivity index (χ0n) is 25.8. The number of para-hydroxylation sites is 1. The lowest BCUT2D eigenvalue weighted by molar-refractivity contribution is -0.129. The van der Waals surface area contributed by atoms with Crippen molar-refractivity contribution >= 4 is 45.8 Å². The molecule has 0 saturated carbocycles. The number of likely N-dealkylation sites (N-methyl/N-ethyl adjacent to an activating group) is 1. The highest BCUT2D eigenvalue weighted by Gasteiger charge is 2.46. The summed E-state index contributed by atoms with van der Waals surface area (Å²) in [6, 6.07) is 9.49. The number of aliphatic hydroxyl groups excluding tert-OH is 1. The largest absolute Gasteiger partial charge is 0.507 e. The minimum Gasteiger partial charge on any atom is -0.507 e. The molecule has 2 N–H and O–H groups in total. The molecule has 46 heavy (non-hydrogen) atoms. The number of carbonyl (C=O) groups is 2. The second-order valence-electron chi connectivity index (χ2n) is 11.9. The maximum absolute atomic E-state index is 15.2. The molecule has 4 heterocycles. The SMILES string of the molecule is C=CC(=O)N1C[C@@H]2C(=O)N(C)c3c(c4cc(Cl)c(-c5c(O)cccc5F)nc4n(-c4c(CO)cccc4C(C)C)c3=O)N2[C@@H](C)C1. The highest BCUT2D eigenvalue weighted by molar-refractivity contribution is 6.34. The van der Waals surface area contributed by atoms with Crippen LogP contribution < -0.4 is 15.4 Å². The molecule has 6 rings (SSSR count). The number of phenols is 1. The first-order valence-electron chi connectivity index (χ1n) is 14.9. The first kappa shape index (κ1) is 31.3. The lowest BCUT2D eigenvalue weighted by Crippen LogP contribution is -2.66. The second kappa shape index (κ2) is 11.6. The van der Waals surface area contributed by atoms with E-state index in [-0.39, 0.29) is 64.2 Å². The average molecular weight is 646 g/mol. The Hall–Kier alpha value is -4.74. The molecule has 0 radical (unpaired) electrons. The van der Waals surface area contributed by atoms with Crippen LogP contribution in [0.3, 0.4) is 0 Å². The number of pyridine rings is 2. The van der Waals surface area contributed by atoms with Gasteiger partial charge in [0.1, 0.15) is 28.9 Å². The number of anilines is 2. The molecule has 2 aromatic carbocycles. The third kappa shape index (κ3) is 4.64. The summed E-state index contributed by atoms with van der Waals surface area (Å²) >= 11 is 6.83. The van der Waals surface area contributed by atoms with E-state index < -0.39 is 30.1 Å². The van der Waals surface area contributed by atoms with Crippen LogP contribution in [0.4, 0.5) is 15.8 Å². The van der Waals surface area contributed by atoms with Gasteiger partial charge in [-0.05, 0) is 42.7 Å². The van der Waals surface area contributed by atoms with Crippen LogP contribution in [0.25, 0.3) is 28.0 Å². The van der Waals surface area contributed by atoms with Gasteiger partial charge in [-0.25, -0.2) is 9.37 Å².